The topological polar surface area (TPSA) is 71.5 Å². The quantitative estimate of drug-likeness (QED) is 0.517. The Bertz CT molecular complexity index is 949. The third-order valence-electron chi connectivity index (χ3n) is 4.00. The molecule has 3 rings (SSSR count). The summed E-state index contributed by atoms with van der Waals surface area (Å²) in [5, 5.41) is 8.56. The van der Waals surface area contributed by atoms with Crippen LogP contribution in [0.25, 0.3) is 11.4 Å². The molecule has 0 saturated carbocycles. The van der Waals surface area contributed by atoms with Crippen LogP contribution in [-0.4, -0.2) is 39.7 Å². The van der Waals surface area contributed by atoms with Crippen LogP contribution in [-0.2, 0) is 20.1 Å². The largest absolute Gasteiger partial charge is 0.351 e. The summed E-state index contributed by atoms with van der Waals surface area (Å²) in [6.07, 6.45) is 1.87. The number of hydrogen-bond acceptors (Lipinski definition) is 4. The van der Waals surface area contributed by atoms with E-state index in [1.165, 1.54) is 0 Å². The fourth-order valence-corrected chi connectivity index (χ4v) is 3.11. The Morgan fingerprint density at radius 3 is 2.78 bits per heavy atom. The van der Waals surface area contributed by atoms with Crippen molar-refractivity contribution in [1.29, 1.82) is 0 Å². The third-order valence-corrected chi connectivity index (χ3v) is 4.44. The van der Waals surface area contributed by atoms with E-state index >= 15 is 0 Å². The maximum atomic E-state index is 6.05. The van der Waals surface area contributed by atoms with E-state index in [0.717, 1.165) is 11.3 Å². The van der Waals surface area contributed by atoms with Gasteiger partial charge in [-0.2, -0.15) is 4.98 Å². The van der Waals surface area contributed by atoms with Crippen molar-refractivity contribution in [2.24, 2.45) is 12.0 Å². The maximum absolute atomic E-state index is 6.05. The van der Waals surface area contributed by atoms with Gasteiger partial charge in [0.1, 0.15) is 0 Å². The molecule has 0 fully saturated rings. The number of aliphatic imine (C=N–C) groups is 1. The van der Waals surface area contributed by atoms with E-state index < -0.39 is 0 Å². The molecule has 2 aromatic heterocycles. The monoisotopic (exact) mass is 406 g/mol. The molecule has 3 aromatic rings. The number of nitrogens with one attached hydrogen (secondary N) is 1. The minimum atomic E-state index is 0.360. The van der Waals surface area contributed by atoms with Crippen molar-refractivity contribution in [2.45, 2.75) is 13.1 Å². The normalized spacial score (nSPS) is 11.7. The van der Waals surface area contributed by atoms with Gasteiger partial charge in [0.15, 0.2) is 5.96 Å². The molecule has 0 bridgehead atoms. The van der Waals surface area contributed by atoms with Crippen molar-refractivity contribution in [2.75, 3.05) is 14.1 Å². The van der Waals surface area contributed by atoms with Gasteiger partial charge in [-0.05, 0) is 18.2 Å². The first-order chi connectivity index (χ1) is 13.0. The Morgan fingerprint density at radius 2 is 2.11 bits per heavy atom. The highest BCUT2D eigenvalue weighted by atomic mass is 35.5. The van der Waals surface area contributed by atoms with Gasteiger partial charge in [0.05, 0.1) is 18.1 Å². The zero-order valence-electron chi connectivity index (χ0n) is 15.3. The van der Waals surface area contributed by atoms with Crippen LogP contribution in [0.15, 0.2) is 46.0 Å². The highest BCUT2D eigenvalue weighted by molar-refractivity contribution is 6.31. The van der Waals surface area contributed by atoms with E-state index in [1.54, 1.807) is 19.2 Å². The number of halogens is 2. The van der Waals surface area contributed by atoms with E-state index in [9.17, 15) is 0 Å². The Labute approximate surface area is 167 Å². The molecule has 0 atom stereocenters. The molecule has 27 heavy (non-hydrogen) atoms. The fraction of sp³-hybridized carbons (Fsp3) is 0.278. The molecule has 142 valence electrons. The zero-order valence-corrected chi connectivity index (χ0v) is 16.8. The smallest absolute Gasteiger partial charge is 0.246 e. The van der Waals surface area contributed by atoms with Gasteiger partial charge >= 0.3 is 0 Å². The molecule has 0 unspecified atom stereocenters. The van der Waals surface area contributed by atoms with Crippen molar-refractivity contribution in [3.8, 4) is 11.4 Å². The average molecular weight is 407 g/mol. The van der Waals surface area contributed by atoms with Crippen molar-refractivity contribution in [3.63, 3.8) is 0 Å². The molecule has 0 aliphatic rings. The van der Waals surface area contributed by atoms with Crippen LogP contribution in [0, 0.1) is 0 Å². The predicted octanol–water partition coefficient (Wildman–Crippen LogP) is 3.59. The van der Waals surface area contributed by atoms with Crippen LogP contribution in [0.5, 0.6) is 0 Å². The van der Waals surface area contributed by atoms with Crippen LogP contribution in [0.1, 0.15) is 11.6 Å². The number of guanidine groups is 1. The van der Waals surface area contributed by atoms with Gasteiger partial charge in [-0.1, -0.05) is 40.5 Å². The summed E-state index contributed by atoms with van der Waals surface area (Å²) in [6, 6.07) is 9.25. The number of rotatable bonds is 5. The van der Waals surface area contributed by atoms with E-state index in [0.29, 0.717) is 40.8 Å². The number of aromatic nitrogens is 3. The molecule has 0 radical (unpaired) electrons. The van der Waals surface area contributed by atoms with Gasteiger partial charge < -0.3 is 19.3 Å². The Hall–Kier alpha value is -2.51. The molecule has 9 heteroatoms. The molecule has 1 N–H and O–H groups in total. The van der Waals surface area contributed by atoms with E-state index in [-0.39, 0.29) is 0 Å². The summed E-state index contributed by atoms with van der Waals surface area (Å²) < 4.78 is 7.30. The molecule has 0 aliphatic heterocycles. The second-order valence-corrected chi connectivity index (χ2v) is 6.91. The minimum absolute atomic E-state index is 0.360. The van der Waals surface area contributed by atoms with E-state index in [2.05, 4.69) is 20.4 Å². The van der Waals surface area contributed by atoms with Crippen molar-refractivity contribution >= 4 is 29.2 Å². The average Bonchev–Trinajstić information content (AvgIpc) is 3.22. The Kier molecular flexibility index (Phi) is 6.03. The Balaban J connectivity index is 1.62. The zero-order chi connectivity index (χ0) is 19.4. The molecule has 0 spiro atoms. The molecule has 7 nitrogen and oxygen atoms in total. The lowest BCUT2D eigenvalue weighted by molar-refractivity contribution is 0.371. The SMILES string of the molecule is CN=C(NCc1nc(-c2cccc(Cl)c2)no1)N(C)Cc1cc(Cl)cn1C. The van der Waals surface area contributed by atoms with Crippen LogP contribution in [0.3, 0.4) is 0 Å². The molecule has 2 heterocycles. The van der Waals surface area contributed by atoms with Gasteiger partial charge in [0.2, 0.25) is 11.7 Å². The van der Waals surface area contributed by atoms with Gasteiger partial charge in [-0.25, -0.2) is 0 Å². The van der Waals surface area contributed by atoms with Gasteiger partial charge in [0, 0.05) is 43.6 Å². The van der Waals surface area contributed by atoms with Crippen molar-refractivity contribution in [1.82, 2.24) is 24.9 Å². The lowest BCUT2D eigenvalue weighted by atomic mass is 10.2. The predicted molar refractivity (Wildman–Crippen MR) is 107 cm³/mol. The molecule has 0 amide bonds. The summed E-state index contributed by atoms with van der Waals surface area (Å²) in [5.74, 6) is 1.66. The van der Waals surface area contributed by atoms with Crippen molar-refractivity contribution in [3.05, 3.63) is 58.2 Å². The number of hydrogen-bond donors (Lipinski definition) is 1. The van der Waals surface area contributed by atoms with E-state index in [4.69, 9.17) is 27.7 Å². The molecule has 0 aliphatic carbocycles. The standard InChI is InChI=1S/C18H20Cl2N6O/c1-21-18(26(3)11-15-8-14(20)10-25(15)2)22-9-16-23-17(24-27-16)12-5-4-6-13(19)7-12/h4-8,10H,9,11H2,1-3H3,(H,21,22). The summed E-state index contributed by atoms with van der Waals surface area (Å²) in [4.78, 5) is 10.7. The molecule has 0 saturated heterocycles. The van der Waals surface area contributed by atoms with Gasteiger partial charge in [-0.15, -0.1) is 0 Å². The first kappa shape index (κ1) is 19.3. The van der Waals surface area contributed by atoms with Crippen molar-refractivity contribution < 1.29 is 4.52 Å². The Morgan fingerprint density at radius 1 is 1.30 bits per heavy atom. The number of benzene rings is 1. The highest BCUT2D eigenvalue weighted by Gasteiger charge is 2.13. The van der Waals surface area contributed by atoms with Crippen LogP contribution in [0.4, 0.5) is 0 Å². The molecule has 1 aromatic carbocycles. The van der Waals surface area contributed by atoms with E-state index in [1.807, 2.05) is 48.0 Å². The van der Waals surface area contributed by atoms with Gasteiger partial charge in [-0.3, -0.25) is 4.99 Å². The maximum Gasteiger partial charge on any atom is 0.246 e. The van der Waals surface area contributed by atoms with Crippen LogP contribution < -0.4 is 5.32 Å². The second kappa shape index (κ2) is 8.45. The van der Waals surface area contributed by atoms with Gasteiger partial charge in [0.25, 0.3) is 0 Å². The number of nitrogens with zero attached hydrogens (tertiary/aromatic N) is 5. The summed E-state index contributed by atoms with van der Waals surface area (Å²) >= 11 is 12.1. The fourth-order valence-electron chi connectivity index (χ4n) is 2.65. The molecular weight excluding hydrogens is 387 g/mol. The number of aryl methyl sites for hydroxylation is 1. The third kappa shape index (κ3) is 4.81. The first-order valence-electron chi connectivity index (χ1n) is 8.27. The summed E-state index contributed by atoms with van der Waals surface area (Å²) in [5.41, 5.74) is 1.88. The van der Waals surface area contributed by atoms with Crippen LogP contribution in [0.2, 0.25) is 10.0 Å². The highest BCUT2D eigenvalue weighted by Crippen LogP contribution is 2.20. The lowest BCUT2D eigenvalue weighted by Gasteiger charge is -2.21. The summed E-state index contributed by atoms with van der Waals surface area (Å²) in [7, 11) is 5.63. The lowest BCUT2D eigenvalue weighted by Crippen LogP contribution is -2.38. The van der Waals surface area contributed by atoms with Crippen LogP contribution >= 0.6 is 23.2 Å². The summed E-state index contributed by atoms with van der Waals surface area (Å²) in [6.45, 7) is 1.01. The first-order valence-corrected chi connectivity index (χ1v) is 9.03. The minimum Gasteiger partial charge on any atom is -0.351 e. The molecular formula is C18H20Cl2N6O. The second-order valence-electron chi connectivity index (χ2n) is 6.04.